The van der Waals surface area contributed by atoms with E-state index in [9.17, 15) is 19.9 Å². The van der Waals surface area contributed by atoms with Gasteiger partial charge in [0.25, 0.3) is 5.47 Å². The van der Waals surface area contributed by atoms with Crippen molar-refractivity contribution in [1.82, 2.24) is 24.5 Å². The van der Waals surface area contributed by atoms with Crippen LogP contribution in [-0.2, 0) is 23.8 Å². The van der Waals surface area contributed by atoms with E-state index < -0.39 is 43.6 Å². The lowest BCUT2D eigenvalue weighted by atomic mass is 9.96. The number of pyridine rings is 1. The molecular weight excluding hydrogens is 499 g/mol. The van der Waals surface area contributed by atoms with E-state index in [-0.39, 0.29) is 17.0 Å². The van der Waals surface area contributed by atoms with Crippen molar-refractivity contribution in [3.63, 3.8) is 0 Å². The van der Waals surface area contributed by atoms with E-state index in [1.165, 1.54) is 31.3 Å². The van der Waals surface area contributed by atoms with Crippen LogP contribution in [0.1, 0.15) is 18.6 Å². The van der Waals surface area contributed by atoms with Gasteiger partial charge in [0.05, 0.1) is 17.9 Å². The van der Waals surface area contributed by atoms with E-state index in [1.807, 2.05) is 6.26 Å². The molecule has 1 fully saturated rings. The van der Waals surface area contributed by atoms with Crippen molar-refractivity contribution in [3.8, 4) is 0 Å². The summed E-state index contributed by atoms with van der Waals surface area (Å²) >= 11 is 1.42. The summed E-state index contributed by atoms with van der Waals surface area (Å²) in [7, 11) is -4.59. The molecule has 0 aliphatic carbocycles. The molecular formula is C20H23N6O7PS. The summed E-state index contributed by atoms with van der Waals surface area (Å²) in [6, 6.07) is 3.46. The molecule has 35 heavy (non-hydrogen) atoms. The van der Waals surface area contributed by atoms with E-state index in [1.54, 1.807) is 24.4 Å². The number of thioether (sulfide) groups is 1. The third kappa shape index (κ3) is 3.40. The average molecular weight is 522 g/mol. The first-order valence-electron chi connectivity index (χ1n) is 10.4. The van der Waals surface area contributed by atoms with Crippen LogP contribution in [-0.4, -0.2) is 70.5 Å². The van der Waals surface area contributed by atoms with E-state index in [0.717, 1.165) is 10.9 Å². The first-order valence-corrected chi connectivity index (χ1v) is 13.2. The standard InChI is InChI=1S/C20H23N6O7PS/c1-19(29)16(28)13(8-27)32-20(19,26-10-25-15-17(21)23-9-24-18(15)26)34(30)31-6-4-12(33-34)11-3-5-22-14(7-11)35-2/h3-7,9-10,12-13,16,27-29H,8H2,1-2H3,(H2,21,23,24)/t12?,13-,16-,19-,20+,34?/m1/s1. The van der Waals surface area contributed by atoms with Crippen LogP contribution in [0, 0.1) is 0 Å². The van der Waals surface area contributed by atoms with Crippen LogP contribution in [0.2, 0.25) is 0 Å². The lowest BCUT2D eigenvalue weighted by molar-refractivity contribution is -0.145. The number of fused-ring (bicyclic) bond motifs is 1. The van der Waals surface area contributed by atoms with Gasteiger partial charge in [-0.3, -0.25) is 9.09 Å². The Labute approximate surface area is 203 Å². The molecule has 6 atom stereocenters. The molecule has 3 aromatic rings. The van der Waals surface area contributed by atoms with Crippen LogP contribution < -0.4 is 5.73 Å². The molecule has 5 N–H and O–H groups in total. The molecule has 1 saturated heterocycles. The van der Waals surface area contributed by atoms with Gasteiger partial charge in [0.15, 0.2) is 17.1 Å². The molecule has 3 aromatic heterocycles. The highest BCUT2D eigenvalue weighted by Crippen LogP contribution is 2.73. The summed E-state index contributed by atoms with van der Waals surface area (Å²) in [6.07, 6.45) is 4.64. The molecule has 0 spiro atoms. The average Bonchev–Trinajstić information content (AvgIpc) is 3.37. The van der Waals surface area contributed by atoms with Crippen molar-refractivity contribution in [2.24, 2.45) is 0 Å². The number of nitrogens with zero attached hydrogens (tertiary/aromatic N) is 5. The smallest absolute Gasteiger partial charge is 0.429 e. The zero-order chi connectivity index (χ0) is 25.0. The normalized spacial score (nSPS) is 34.8. The fraction of sp³-hybridized carbons (Fsp3) is 0.400. The molecule has 0 aromatic carbocycles. The van der Waals surface area contributed by atoms with Crippen LogP contribution in [0.25, 0.3) is 11.2 Å². The summed E-state index contributed by atoms with van der Waals surface area (Å²) < 4.78 is 33.4. The van der Waals surface area contributed by atoms with E-state index >= 15 is 0 Å². The molecule has 0 bridgehead atoms. The van der Waals surface area contributed by atoms with Crippen molar-refractivity contribution < 1.29 is 33.7 Å². The Kier molecular flexibility index (Phi) is 5.87. The fourth-order valence-corrected chi connectivity index (χ4v) is 7.20. The van der Waals surface area contributed by atoms with E-state index in [0.29, 0.717) is 10.6 Å². The number of aliphatic hydroxyl groups is 3. The molecule has 5 rings (SSSR count). The Morgan fingerprint density at radius 3 is 2.83 bits per heavy atom. The van der Waals surface area contributed by atoms with Crippen molar-refractivity contribution in [2.75, 3.05) is 18.6 Å². The number of aromatic nitrogens is 5. The lowest BCUT2D eigenvalue weighted by Crippen LogP contribution is -2.55. The Hall–Kier alpha value is -2.58. The molecule has 0 radical (unpaired) electrons. The predicted molar refractivity (Wildman–Crippen MR) is 124 cm³/mol. The van der Waals surface area contributed by atoms with Gasteiger partial charge in [-0.15, -0.1) is 11.8 Å². The van der Waals surface area contributed by atoms with Crippen molar-refractivity contribution >= 4 is 36.3 Å². The van der Waals surface area contributed by atoms with Crippen LogP contribution in [0.15, 0.2) is 48.3 Å². The van der Waals surface area contributed by atoms with Gasteiger partial charge in [0.2, 0.25) is 0 Å². The van der Waals surface area contributed by atoms with Crippen molar-refractivity contribution in [1.29, 1.82) is 0 Å². The molecule has 0 amide bonds. The number of hydrogen-bond donors (Lipinski definition) is 4. The maximum absolute atomic E-state index is 14.6. The Bertz CT molecular complexity index is 1350. The third-order valence-corrected chi connectivity index (χ3v) is 9.21. The van der Waals surface area contributed by atoms with Crippen LogP contribution >= 0.6 is 19.4 Å². The van der Waals surface area contributed by atoms with Gasteiger partial charge in [-0.25, -0.2) is 24.5 Å². The highest BCUT2D eigenvalue weighted by molar-refractivity contribution is 7.98. The number of anilines is 1. The molecule has 15 heteroatoms. The van der Waals surface area contributed by atoms with E-state index in [2.05, 4.69) is 19.9 Å². The highest BCUT2D eigenvalue weighted by atomic mass is 32.2. The molecule has 2 aliphatic rings. The summed E-state index contributed by atoms with van der Waals surface area (Å²) in [4.78, 5) is 16.5. The third-order valence-electron chi connectivity index (χ3n) is 6.14. The van der Waals surface area contributed by atoms with Gasteiger partial charge in [0.1, 0.15) is 36.5 Å². The molecule has 2 unspecified atom stereocenters. The monoisotopic (exact) mass is 522 g/mol. The highest BCUT2D eigenvalue weighted by Gasteiger charge is 2.76. The second-order valence-electron chi connectivity index (χ2n) is 8.17. The van der Waals surface area contributed by atoms with Gasteiger partial charge in [-0.05, 0) is 37.0 Å². The Morgan fingerprint density at radius 1 is 1.31 bits per heavy atom. The number of nitrogens with two attached hydrogens (primary N) is 1. The predicted octanol–water partition coefficient (Wildman–Crippen LogP) is 1.13. The van der Waals surface area contributed by atoms with Crippen LogP contribution in [0.3, 0.4) is 0 Å². The summed E-state index contributed by atoms with van der Waals surface area (Å²) in [5.74, 6) is 0.0312. The maximum Gasteiger partial charge on any atom is 0.435 e. The Morgan fingerprint density at radius 2 is 2.11 bits per heavy atom. The molecule has 13 nitrogen and oxygen atoms in total. The minimum absolute atomic E-state index is 0.0312. The summed E-state index contributed by atoms with van der Waals surface area (Å²) in [5, 5.41) is 33.1. The fourth-order valence-electron chi connectivity index (χ4n) is 4.36. The second-order valence-corrected chi connectivity index (χ2v) is 11.0. The number of ether oxygens (including phenoxy) is 1. The number of imidazole rings is 1. The first-order chi connectivity index (χ1) is 16.7. The number of nitrogen functional groups attached to an aromatic ring is 1. The second kappa shape index (κ2) is 8.52. The van der Waals surface area contributed by atoms with Gasteiger partial charge < -0.3 is 30.3 Å². The van der Waals surface area contributed by atoms with Crippen molar-refractivity contribution in [2.45, 2.75) is 41.3 Å². The maximum atomic E-state index is 14.6. The molecule has 5 heterocycles. The molecule has 186 valence electrons. The van der Waals surface area contributed by atoms with Gasteiger partial charge in [0, 0.05) is 6.20 Å². The number of aliphatic hydroxyl groups excluding tert-OH is 2. The topological polar surface area (TPSA) is 188 Å². The van der Waals surface area contributed by atoms with Gasteiger partial charge in [-0.1, -0.05) is 0 Å². The zero-order valence-electron chi connectivity index (χ0n) is 18.6. The molecule has 0 saturated carbocycles. The van der Waals surface area contributed by atoms with Crippen LogP contribution in [0.4, 0.5) is 5.82 Å². The van der Waals surface area contributed by atoms with Gasteiger partial charge >= 0.3 is 7.60 Å². The minimum Gasteiger partial charge on any atom is -0.429 e. The quantitative estimate of drug-likeness (QED) is 0.276. The Balaban J connectivity index is 1.71. The number of rotatable bonds is 5. The van der Waals surface area contributed by atoms with Gasteiger partial charge in [-0.2, -0.15) is 0 Å². The largest absolute Gasteiger partial charge is 0.435 e. The summed E-state index contributed by atoms with van der Waals surface area (Å²) in [6.45, 7) is 0.519. The van der Waals surface area contributed by atoms with E-state index in [4.69, 9.17) is 19.5 Å². The summed E-state index contributed by atoms with van der Waals surface area (Å²) in [5.41, 5.74) is 2.00. The number of hydrogen-bond acceptors (Lipinski definition) is 13. The minimum atomic E-state index is -4.59. The van der Waals surface area contributed by atoms with Crippen LogP contribution in [0.5, 0.6) is 0 Å². The van der Waals surface area contributed by atoms with Crippen molar-refractivity contribution in [3.05, 3.63) is 48.9 Å². The first kappa shape index (κ1) is 24.1. The lowest BCUT2D eigenvalue weighted by Gasteiger charge is -2.44. The molecule has 2 aliphatic heterocycles. The zero-order valence-corrected chi connectivity index (χ0v) is 20.3. The SMILES string of the molecule is CSc1cc(C2C=COP(=O)([C@@]3(n4cnc5c(N)ncnc54)O[C@H](CO)[C@@H](O)[C@@]3(C)O)O2)ccn1.